The quantitative estimate of drug-likeness (QED) is 0.817. The Balaban J connectivity index is 2.31. The summed E-state index contributed by atoms with van der Waals surface area (Å²) in [7, 11) is 5.10. The van der Waals surface area contributed by atoms with E-state index in [1.807, 2.05) is 12.1 Å². The summed E-state index contributed by atoms with van der Waals surface area (Å²) in [5.74, 6) is -0.0812. The van der Waals surface area contributed by atoms with Crippen LogP contribution in [-0.4, -0.2) is 37.9 Å². The van der Waals surface area contributed by atoms with Crippen LogP contribution < -0.4 is 10.6 Å². The lowest BCUT2D eigenvalue weighted by Gasteiger charge is -2.18. The van der Waals surface area contributed by atoms with Crippen molar-refractivity contribution < 1.29 is 9.59 Å². The molecule has 0 spiro atoms. The van der Waals surface area contributed by atoms with Gasteiger partial charge in [0.1, 0.15) is 6.04 Å². The van der Waals surface area contributed by atoms with Crippen LogP contribution >= 0.6 is 0 Å². The Morgan fingerprint density at radius 1 is 1.44 bits per heavy atom. The van der Waals surface area contributed by atoms with Crippen molar-refractivity contribution in [2.75, 3.05) is 26.0 Å². The molecule has 1 aliphatic rings. The molecule has 0 radical (unpaired) electrons. The Morgan fingerprint density at radius 3 is 2.72 bits per heavy atom. The van der Waals surface area contributed by atoms with Crippen LogP contribution in [0.4, 0.5) is 5.69 Å². The van der Waals surface area contributed by atoms with Crippen LogP contribution in [-0.2, 0) is 16.0 Å². The zero-order valence-corrected chi connectivity index (χ0v) is 10.8. The van der Waals surface area contributed by atoms with E-state index in [9.17, 15) is 9.59 Å². The van der Waals surface area contributed by atoms with Crippen LogP contribution in [0.3, 0.4) is 0 Å². The number of anilines is 1. The molecule has 0 fully saturated rings. The summed E-state index contributed by atoms with van der Waals surface area (Å²) >= 11 is 0. The topological polar surface area (TPSA) is 66.6 Å². The average Bonchev–Trinajstić information content (AvgIpc) is 2.62. The van der Waals surface area contributed by atoms with E-state index in [2.05, 4.69) is 0 Å². The van der Waals surface area contributed by atoms with Gasteiger partial charge < -0.3 is 15.5 Å². The van der Waals surface area contributed by atoms with E-state index >= 15 is 0 Å². The molecule has 0 bridgehead atoms. The largest absolute Gasteiger partial charge is 0.347 e. The van der Waals surface area contributed by atoms with Gasteiger partial charge in [-0.3, -0.25) is 9.59 Å². The second-order valence-electron chi connectivity index (χ2n) is 4.73. The molecule has 1 unspecified atom stereocenters. The molecule has 1 aromatic carbocycles. The predicted molar refractivity (Wildman–Crippen MR) is 69.2 cm³/mol. The van der Waals surface area contributed by atoms with Gasteiger partial charge in [0.25, 0.3) is 0 Å². The SMILES string of the molecule is CN(C)C(=O)C(N)c1ccc2c(c1)CC(=O)N2C. The number of rotatable bonds is 2. The highest BCUT2D eigenvalue weighted by Gasteiger charge is 2.26. The molecule has 5 nitrogen and oxygen atoms in total. The number of carbonyl (C=O) groups excluding carboxylic acids is 2. The number of hydrogen-bond acceptors (Lipinski definition) is 3. The van der Waals surface area contributed by atoms with Crippen LogP contribution in [0.15, 0.2) is 18.2 Å². The normalized spacial score (nSPS) is 15.6. The highest BCUT2D eigenvalue weighted by Crippen LogP contribution is 2.29. The fourth-order valence-electron chi connectivity index (χ4n) is 2.10. The molecule has 96 valence electrons. The van der Waals surface area contributed by atoms with E-state index in [1.54, 1.807) is 32.1 Å². The summed E-state index contributed by atoms with van der Waals surface area (Å²) in [6.07, 6.45) is 0.378. The van der Waals surface area contributed by atoms with Crippen molar-refractivity contribution in [3.8, 4) is 0 Å². The van der Waals surface area contributed by atoms with E-state index in [4.69, 9.17) is 5.73 Å². The number of fused-ring (bicyclic) bond motifs is 1. The van der Waals surface area contributed by atoms with Crippen molar-refractivity contribution in [3.63, 3.8) is 0 Å². The lowest BCUT2D eigenvalue weighted by atomic mass is 10.0. The van der Waals surface area contributed by atoms with Crippen molar-refractivity contribution in [1.29, 1.82) is 0 Å². The molecular weight excluding hydrogens is 230 g/mol. The van der Waals surface area contributed by atoms with Crippen molar-refractivity contribution >= 4 is 17.5 Å². The van der Waals surface area contributed by atoms with Crippen LogP contribution in [0.2, 0.25) is 0 Å². The maximum absolute atomic E-state index is 11.8. The number of carbonyl (C=O) groups is 2. The second-order valence-corrected chi connectivity index (χ2v) is 4.73. The number of benzene rings is 1. The zero-order valence-electron chi connectivity index (χ0n) is 10.8. The van der Waals surface area contributed by atoms with E-state index < -0.39 is 6.04 Å². The van der Waals surface area contributed by atoms with Gasteiger partial charge in [0, 0.05) is 26.8 Å². The Hall–Kier alpha value is -1.88. The predicted octanol–water partition coefficient (Wildman–Crippen LogP) is 0.293. The minimum Gasteiger partial charge on any atom is -0.347 e. The highest BCUT2D eigenvalue weighted by atomic mass is 16.2. The van der Waals surface area contributed by atoms with E-state index in [1.165, 1.54) is 4.90 Å². The van der Waals surface area contributed by atoms with Gasteiger partial charge in [-0.05, 0) is 17.2 Å². The molecule has 18 heavy (non-hydrogen) atoms. The Bertz CT molecular complexity index is 511. The Morgan fingerprint density at radius 2 is 2.11 bits per heavy atom. The van der Waals surface area contributed by atoms with Crippen LogP contribution in [0.1, 0.15) is 17.2 Å². The van der Waals surface area contributed by atoms with Crippen LogP contribution in [0.25, 0.3) is 0 Å². The maximum atomic E-state index is 11.8. The third-order valence-corrected chi connectivity index (χ3v) is 3.25. The number of likely N-dealkylation sites (N-methyl/N-ethyl adjacent to an activating group) is 2. The van der Waals surface area contributed by atoms with Gasteiger partial charge in [-0.25, -0.2) is 0 Å². The molecule has 1 heterocycles. The minimum atomic E-state index is -0.675. The molecular formula is C13H17N3O2. The summed E-state index contributed by atoms with van der Waals surface area (Å²) in [6.45, 7) is 0. The van der Waals surface area contributed by atoms with Gasteiger partial charge in [0.2, 0.25) is 11.8 Å². The monoisotopic (exact) mass is 247 g/mol. The number of nitrogens with zero attached hydrogens (tertiary/aromatic N) is 2. The first kappa shape index (κ1) is 12.6. The summed E-state index contributed by atoms with van der Waals surface area (Å²) in [5.41, 5.74) is 8.49. The van der Waals surface area contributed by atoms with Crippen molar-refractivity contribution in [3.05, 3.63) is 29.3 Å². The third kappa shape index (κ3) is 1.97. The number of amides is 2. The molecule has 0 aliphatic carbocycles. The van der Waals surface area contributed by atoms with Gasteiger partial charge in [0.05, 0.1) is 6.42 Å². The minimum absolute atomic E-state index is 0.0645. The summed E-state index contributed by atoms with van der Waals surface area (Å²) in [4.78, 5) is 26.5. The molecule has 0 saturated heterocycles. The third-order valence-electron chi connectivity index (χ3n) is 3.25. The fraction of sp³-hybridized carbons (Fsp3) is 0.385. The van der Waals surface area contributed by atoms with Gasteiger partial charge in [-0.15, -0.1) is 0 Å². The first-order chi connectivity index (χ1) is 8.41. The molecule has 2 rings (SSSR count). The average molecular weight is 247 g/mol. The molecule has 1 aliphatic heterocycles. The smallest absolute Gasteiger partial charge is 0.243 e. The second kappa shape index (κ2) is 4.42. The van der Waals surface area contributed by atoms with Crippen molar-refractivity contribution in [1.82, 2.24) is 4.90 Å². The summed E-state index contributed by atoms with van der Waals surface area (Å²) in [6, 6.07) is 4.83. The molecule has 0 saturated carbocycles. The van der Waals surface area contributed by atoms with E-state index in [0.29, 0.717) is 6.42 Å². The van der Waals surface area contributed by atoms with Gasteiger partial charge >= 0.3 is 0 Å². The van der Waals surface area contributed by atoms with Gasteiger partial charge in [-0.1, -0.05) is 12.1 Å². The first-order valence-electron chi connectivity index (χ1n) is 5.78. The number of hydrogen-bond donors (Lipinski definition) is 1. The lowest BCUT2D eigenvalue weighted by Crippen LogP contribution is -2.33. The zero-order chi connectivity index (χ0) is 13.4. The highest BCUT2D eigenvalue weighted by molar-refractivity contribution is 6.01. The summed E-state index contributed by atoms with van der Waals surface area (Å²) in [5, 5.41) is 0. The maximum Gasteiger partial charge on any atom is 0.243 e. The van der Waals surface area contributed by atoms with E-state index in [-0.39, 0.29) is 11.8 Å². The Kier molecular flexibility index (Phi) is 3.09. The number of nitrogens with two attached hydrogens (primary N) is 1. The van der Waals surface area contributed by atoms with Crippen LogP contribution in [0, 0.1) is 0 Å². The van der Waals surface area contributed by atoms with E-state index in [0.717, 1.165) is 16.8 Å². The van der Waals surface area contributed by atoms with Gasteiger partial charge in [0.15, 0.2) is 0 Å². The Labute approximate surface area is 106 Å². The lowest BCUT2D eigenvalue weighted by molar-refractivity contribution is -0.130. The molecule has 0 aromatic heterocycles. The molecule has 1 atom stereocenters. The molecule has 2 N–H and O–H groups in total. The summed E-state index contributed by atoms with van der Waals surface area (Å²) < 4.78 is 0. The molecule has 5 heteroatoms. The fourth-order valence-corrected chi connectivity index (χ4v) is 2.10. The van der Waals surface area contributed by atoms with Crippen molar-refractivity contribution in [2.24, 2.45) is 5.73 Å². The standard InChI is InChI=1S/C13H17N3O2/c1-15(2)13(18)12(14)8-4-5-10-9(6-8)7-11(17)16(10)3/h4-6,12H,7,14H2,1-3H3. The molecule has 2 amide bonds. The first-order valence-corrected chi connectivity index (χ1v) is 5.78. The van der Waals surface area contributed by atoms with Crippen molar-refractivity contribution in [2.45, 2.75) is 12.5 Å². The van der Waals surface area contributed by atoms with Crippen LogP contribution in [0.5, 0.6) is 0 Å². The van der Waals surface area contributed by atoms with Gasteiger partial charge in [-0.2, -0.15) is 0 Å². The molecule has 1 aromatic rings.